The van der Waals surface area contributed by atoms with E-state index in [0.717, 1.165) is 17.7 Å². The number of para-hydroxylation sites is 1. The van der Waals surface area contributed by atoms with Crippen LogP contribution in [0.5, 0.6) is 5.75 Å². The van der Waals surface area contributed by atoms with Crippen LogP contribution < -0.4 is 10.1 Å². The van der Waals surface area contributed by atoms with Crippen molar-refractivity contribution in [2.24, 2.45) is 0 Å². The zero-order valence-corrected chi connectivity index (χ0v) is 13.8. The Labute approximate surface area is 143 Å². The summed E-state index contributed by atoms with van der Waals surface area (Å²) in [6.07, 6.45) is 0.598. The number of alkyl halides is 2. The first-order chi connectivity index (χ1) is 11.9. The molecule has 1 N–H and O–H groups in total. The summed E-state index contributed by atoms with van der Waals surface area (Å²) in [7, 11) is -4.67. The molecule has 2 aromatic rings. The summed E-state index contributed by atoms with van der Waals surface area (Å²) in [5, 5.41) is 2.86. The van der Waals surface area contributed by atoms with Gasteiger partial charge in [-0.1, -0.05) is 18.2 Å². The molecule has 5 nitrogen and oxygen atoms in total. The molecule has 0 radical (unpaired) electrons. The van der Waals surface area contributed by atoms with Gasteiger partial charge in [0.05, 0.1) is 17.5 Å². The number of amides is 1. The van der Waals surface area contributed by atoms with Crippen molar-refractivity contribution in [3.05, 3.63) is 59.7 Å². The minimum Gasteiger partial charge on any atom is -0.493 e. The monoisotopic (exact) mass is 367 g/mol. The summed E-state index contributed by atoms with van der Waals surface area (Å²) in [6, 6.07) is 11.6. The SMILES string of the molecule is O=C(N[C@H]1CCOc2ccccc21)c1ccc(S(=O)(=O)C(F)F)cc1. The molecule has 0 unspecified atom stereocenters. The first-order valence-electron chi connectivity index (χ1n) is 7.54. The number of rotatable bonds is 4. The van der Waals surface area contributed by atoms with E-state index in [1.807, 2.05) is 24.3 Å². The molecule has 0 fully saturated rings. The predicted octanol–water partition coefficient (Wildman–Crippen LogP) is 2.94. The van der Waals surface area contributed by atoms with Crippen LogP contribution in [0.25, 0.3) is 0 Å². The molecule has 1 aliphatic heterocycles. The van der Waals surface area contributed by atoms with Crippen LogP contribution in [0.1, 0.15) is 28.4 Å². The van der Waals surface area contributed by atoms with Crippen molar-refractivity contribution in [3.63, 3.8) is 0 Å². The molecular formula is C17H15F2NO4S. The number of halogens is 2. The molecule has 2 aromatic carbocycles. The molecule has 1 heterocycles. The van der Waals surface area contributed by atoms with Crippen molar-refractivity contribution < 1.29 is 26.7 Å². The summed E-state index contributed by atoms with van der Waals surface area (Å²) in [5.41, 5.74) is 1.05. The van der Waals surface area contributed by atoms with Gasteiger partial charge in [0.15, 0.2) is 0 Å². The van der Waals surface area contributed by atoms with E-state index in [9.17, 15) is 22.0 Å². The Morgan fingerprint density at radius 3 is 2.48 bits per heavy atom. The maximum absolute atomic E-state index is 12.5. The molecule has 3 rings (SSSR count). The Bertz CT molecular complexity index is 882. The molecule has 0 spiro atoms. The van der Waals surface area contributed by atoms with Crippen LogP contribution in [0.4, 0.5) is 8.78 Å². The maximum atomic E-state index is 12.5. The van der Waals surface area contributed by atoms with Gasteiger partial charge in [0, 0.05) is 17.5 Å². The van der Waals surface area contributed by atoms with Crippen LogP contribution in [-0.2, 0) is 9.84 Å². The standard InChI is InChI=1S/C17H15F2NO4S/c18-17(19)25(22,23)12-7-5-11(6-8-12)16(21)20-14-9-10-24-15-4-2-1-3-13(14)15/h1-8,14,17H,9-10H2,(H,20,21)/t14-/m0/s1. The Morgan fingerprint density at radius 1 is 1.12 bits per heavy atom. The van der Waals surface area contributed by atoms with Crippen molar-refractivity contribution in [3.8, 4) is 5.75 Å². The van der Waals surface area contributed by atoms with Crippen LogP contribution in [0.2, 0.25) is 0 Å². The van der Waals surface area contributed by atoms with Gasteiger partial charge in [0.1, 0.15) is 5.75 Å². The highest BCUT2D eigenvalue weighted by Gasteiger charge is 2.27. The lowest BCUT2D eigenvalue weighted by Crippen LogP contribution is -2.32. The molecule has 132 valence electrons. The quantitative estimate of drug-likeness (QED) is 0.902. The number of carbonyl (C=O) groups is 1. The van der Waals surface area contributed by atoms with Gasteiger partial charge in [-0.15, -0.1) is 0 Å². The Balaban J connectivity index is 1.77. The second-order valence-corrected chi connectivity index (χ2v) is 7.45. The molecule has 1 aliphatic rings. The Kier molecular flexibility index (Phi) is 4.71. The van der Waals surface area contributed by atoms with Gasteiger partial charge in [-0.05, 0) is 30.3 Å². The van der Waals surface area contributed by atoms with E-state index in [1.54, 1.807) is 0 Å². The number of benzene rings is 2. The van der Waals surface area contributed by atoms with Gasteiger partial charge < -0.3 is 10.1 Å². The smallest absolute Gasteiger partial charge is 0.341 e. The number of hydrogen-bond donors (Lipinski definition) is 1. The van der Waals surface area contributed by atoms with Crippen molar-refractivity contribution in [2.75, 3.05) is 6.61 Å². The van der Waals surface area contributed by atoms with E-state index in [4.69, 9.17) is 4.74 Å². The largest absolute Gasteiger partial charge is 0.493 e. The number of carbonyl (C=O) groups excluding carboxylic acids is 1. The van der Waals surface area contributed by atoms with E-state index in [0.29, 0.717) is 18.8 Å². The maximum Gasteiger partial charge on any atom is 0.341 e. The van der Waals surface area contributed by atoms with E-state index < -0.39 is 26.4 Å². The average molecular weight is 367 g/mol. The van der Waals surface area contributed by atoms with E-state index in [-0.39, 0.29) is 11.6 Å². The second-order valence-electron chi connectivity index (χ2n) is 5.53. The van der Waals surface area contributed by atoms with Gasteiger partial charge in [-0.2, -0.15) is 8.78 Å². The van der Waals surface area contributed by atoms with Gasteiger partial charge in [-0.25, -0.2) is 8.42 Å². The summed E-state index contributed by atoms with van der Waals surface area (Å²) in [5.74, 6) is -3.20. The number of nitrogens with one attached hydrogen (secondary N) is 1. The molecule has 25 heavy (non-hydrogen) atoms. The lowest BCUT2D eigenvalue weighted by Gasteiger charge is -2.26. The van der Waals surface area contributed by atoms with Crippen LogP contribution in [0.3, 0.4) is 0 Å². The molecule has 8 heteroatoms. The van der Waals surface area contributed by atoms with Gasteiger partial charge >= 0.3 is 5.76 Å². The van der Waals surface area contributed by atoms with Crippen LogP contribution in [0, 0.1) is 0 Å². The molecule has 0 aromatic heterocycles. The topological polar surface area (TPSA) is 72.5 Å². The number of ether oxygens (including phenoxy) is 1. The van der Waals surface area contributed by atoms with E-state index in [1.165, 1.54) is 12.1 Å². The fraction of sp³-hybridized carbons (Fsp3) is 0.235. The van der Waals surface area contributed by atoms with Crippen LogP contribution in [-0.4, -0.2) is 26.7 Å². The van der Waals surface area contributed by atoms with E-state index >= 15 is 0 Å². The molecule has 0 saturated heterocycles. The zero-order chi connectivity index (χ0) is 18.0. The molecule has 0 aliphatic carbocycles. The average Bonchev–Trinajstić information content (AvgIpc) is 2.62. The normalized spacial score (nSPS) is 16.8. The van der Waals surface area contributed by atoms with Gasteiger partial charge in [0.2, 0.25) is 9.84 Å². The first-order valence-corrected chi connectivity index (χ1v) is 9.09. The van der Waals surface area contributed by atoms with Crippen molar-refractivity contribution in [2.45, 2.75) is 23.1 Å². The van der Waals surface area contributed by atoms with Crippen molar-refractivity contribution in [1.29, 1.82) is 0 Å². The number of fused-ring (bicyclic) bond motifs is 1. The second kappa shape index (κ2) is 6.79. The third-order valence-corrected chi connectivity index (χ3v) is 5.34. The van der Waals surface area contributed by atoms with Gasteiger partial charge in [-0.3, -0.25) is 4.79 Å². The lowest BCUT2D eigenvalue weighted by atomic mass is 10.00. The molecule has 1 amide bonds. The van der Waals surface area contributed by atoms with Gasteiger partial charge in [0.25, 0.3) is 5.91 Å². The third kappa shape index (κ3) is 3.48. The minimum atomic E-state index is -4.67. The van der Waals surface area contributed by atoms with Crippen LogP contribution in [0.15, 0.2) is 53.4 Å². The highest BCUT2D eigenvalue weighted by atomic mass is 32.2. The molecular weight excluding hydrogens is 352 g/mol. The third-order valence-electron chi connectivity index (χ3n) is 3.94. The van der Waals surface area contributed by atoms with Crippen LogP contribution >= 0.6 is 0 Å². The van der Waals surface area contributed by atoms with E-state index in [2.05, 4.69) is 5.32 Å². The van der Waals surface area contributed by atoms with Crippen molar-refractivity contribution >= 4 is 15.7 Å². The molecule has 0 bridgehead atoms. The first kappa shape index (κ1) is 17.3. The summed E-state index contributed by atoms with van der Waals surface area (Å²) in [4.78, 5) is 11.8. The highest BCUT2D eigenvalue weighted by Crippen LogP contribution is 2.31. The highest BCUT2D eigenvalue weighted by molar-refractivity contribution is 7.91. The zero-order valence-electron chi connectivity index (χ0n) is 13.0. The summed E-state index contributed by atoms with van der Waals surface area (Å²) < 4.78 is 53.4. The number of sulfone groups is 1. The lowest BCUT2D eigenvalue weighted by molar-refractivity contribution is 0.0924. The molecule has 0 saturated carbocycles. The predicted molar refractivity (Wildman–Crippen MR) is 86.4 cm³/mol. The van der Waals surface area contributed by atoms with Crippen molar-refractivity contribution in [1.82, 2.24) is 5.32 Å². The summed E-state index contributed by atoms with van der Waals surface area (Å²) in [6.45, 7) is 0.466. The minimum absolute atomic E-state index is 0.192. The molecule has 1 atom stereocenters. The Hall–Kier alpha value is -2.48. The summed E-state index contributed by atoms with van der Waals surface area (Å²) >= 11 is 0. The fourth-order valence-corrected chi connectivity index (χ4v) is 3.35. The fourth-order valence-electron chi connectivity index (χ4n) is 2.63. The number of hydrogen-bond acceptors (Lipinski definition) is 4. The Morgan fingerprint density at radius 2 is 1.80 bits per heavy atom.